The van der Waals surface area contributed by atoms with Crippen molar-refractivity contribution in [3.8, 4) is 0 Å². The number of carbonyl (C=O) groups excluding carboxylic acids is 2. The number of aromatic nitrogens is 2. The fourth-order valence-corrected chi connectivity index (χ4v) is 6.11. The van der Waals surface area contributed by atoms with Crippen molar-refractivity contribution < 1.29 is 9.59 Å². The van der Waals surface area contributed by atoms with Crippen molar-refractivity contribution in [1.29, 1.82) is 0 Å². The first kappa shape index (κ1) is 25.9. The van der Waals surface area contributed by atoms with Crippen LogP contribution in [-0.4, -0.2) is 78.0 Å². The molecule has 0 radical (unpaired) electrons. The standard InChI is InChI=1S/C28H38N6O2S/c1-31-15-17-33(18-16-31)13-7-14-34-24-12-11-22(32(2)27(36)21-8-4-3-5-9-21)20-23(24)29-28(34)30-26(35)25-10-6-19-37-25/h6,10-12,19-21H,3-5,7-9,13-18H2,1-2H3,(H,29,30,35). The number of piperazine rings is 1. The van der Waals surface area contributed by atoms with E-state index < -0.39 is 0 Å². The van der Waals surface area contributed by atoms with E-state index in [9.17, 15) is 9.59 Å². The highest BCUT2D eigenvalue weighted by atomic mass is 32.1. The number of fused-ring (bicyclic) bond motifs is 1. The zero-order chi connectivity index (χ0) is 25.8. The Kier molecular flexibility index (Phi) is 8.22. The SMILES string of the molecule is CN1CCN(CCCn2c(NC(=O)c3cccs3)nc3cc(N(C)C(=O)C4CCCCC4)ccc32)CC1. The summed E-state index contributed by atoms with van der Waals surface area (Å²) in [6, 6.07) is 9.73. The summed E-state index contributed by atoms with van der Waals surface area (Å²) in [5.74, 6) is 0.722. The molecular weight excluding hydrogens is 484 g/mol. The molecule has 2 aliphatic rings. The Morgan fingerprint density at radius 2 is 1.86 bits per heavy atom. The molecule has 5 rings (SSSR count). The highest BCUT2D eigenvalue weighted by Crippen LogP contribution is 2.30. The van der Waals surface area contributed by atoms with E-state index in [0.29, 0.717) is 10.8 Å². The van der Waals surface area contributed by atoms with Crippen molar-refractivity contribution in [2.75, 3.05) is 57.0 Å². The van der Waals surface area contributed by atoms with E-state index in [1.165, 1.54) is 17.8 Å². The number of hydrogen-bond donors (Lipinski definition) is 1. The van der Waals surface area contributed by atoms with Crippen molar-refractivity contribution >= 4 is 45.8 Å². The van der Waals surface area contributed by atoms with Gasteiger partial charge in [-0.05, 0) is 62.5 Å². The molecule has 2 aromatic heterocycles. The summed E-state index contributed by atoms with van der Waals surface area (Å²) in [6.07, 6.45) is 6.42. The van der Waals surface area contributed by atoms with Crippen LogP contribution in [0.15, 0.2) is 35.7 Å². The van der Waals surface area contributed by atoms with Crippen LogP contribution in [0.1, 0.15) is 48.2 Å². The zero-order valence-electron chi connectivity index (χ0n) is 22.0. The summed E-state index contributed by atoms with van der Waals surface area (Å²) in [5.41, 5.74) is 2.62. The highest BCUT2D eigenvalue weighted by molar-refractivity contribution is 7.12. The number of amides is 2. The van der Waals surface area contributed by atoms with Gasteiger partial charge in [0.05, 0.1) is 15.9 Å². The van der Waals surface area contributed by atoms with E-state index in [1.54, 1.807) is 4.90 Å². The minimum Gasteiger partial charge on any atom is -0.315 e. The van der Waals surface area contributed by atoms with Gasteiger partial charge in [-0.2, -0.15) is 0 Å². The van der Waals surface area contributed by atoms with Crippen molar-refractivity contribution in [2.45, 2.75) is 45.1 Å². The molecule has 198 valence electrons. The Morgan fingerprint density at radius 1 is 1.08 bits per heavy atom. The third-order valence-electron chi connectivity index (χ3n) is 7.83. The van der Waals surface area contributed by atoms with Crippen molar-refractivity contribution in [2.24, 2.45) is 5.92 Å². The second-order valence-electron chi connectivity index (χ2n) is 10.4. The maximum absolute atomic E-state index is 13.1. The predicted molar refractivity (Wildman–Crippen MR) is 151 cm³/mol. The molecule has 0 spiro atoms. The zero-order valence-corrected chi connectivity index (χ0v) is 22.8. The fourth-order valence-electron chi connectivity index (χ4n) is 5.49. The quantitative estimate of drug-likeness (QED) is 0.471. The normalized spacial score (nSPS) is 17.8. The van der Waals surface area contributed by atoms with Crippen LogP contribution in [-0.2, 0) is 11.3 Å². The summed E-state index contributed by atoms with van der Waals surface area (Å²) in [5, 5.41) is 4.94. The van der Waals surface area contributed by atoms with Gasteiger partial charge in [-0.15, -0.1) is 11.3 Å². The molecular formula is C28H38N6O2S. The molecule has 2 fully saturated rings. The minimum atomic E-state index is -0.143. The Morgan fingerprint density at radius 3 is 2.59 bits per heavy atom. The predicted octanol–water partition coefficient (Wildman–Crippen LogP) is 4.53. The largest absolute Gasteiger partial charge is 0.315 e. The molecule has 8 nitrogen and oxygen atoms in total. The van der Waals surface area contributed by atoms with E-state index in [1.807, 2.05) is 42.8 Å². The molecule has 3 aromatic rings. The van der Waals surface area contributed by atoms with E-state index in [2.05, 4.69) is 26.7 Å². The van der Waals surface area contributed by atoms with Gasteiger partial charge in [-0.25, -0.2) is 4.98 Å². The summed E-state index contributed by atoms with van der Waals surface area (Å²) >= 11 is 1.42. The van der Waals surface area contributed by atoms with Crippen LogP contribution in [0.25, 0.3) is 11.0 Å². The summed E-state index contributed by atoms with van der Waals surface area (Å²) in [7, 11) is 4.04. The second-order valence-corrected chi connectivity index (χ2v) is 11.4. The number of nitrogens with one attached hydrogen (secondary N) is 1. The number of benzene rings is 1. The number of carbonyl (C=O) groups is 2. The fraction of sp³-hybridized carbons (Fsp3) is 0.536. The van der Waals surface area contributed by atoms with Crippen LogP contribution in [0.5, 0.6) is 0 Å². The number of imidazole rings is 1. The molecule has 1 aliphatic carbocycles. The molecule has 1 saturated carbocycles. The van der Waals surface area contributed by atoms with Crippen molar-refractivity contribution in [3.05, 3.63) is 40.6 Å². The Balaban J connectivity index is 1.36. The van der Waals surface area contributed by atoms with Crippen LogP contribution < -0.4 is 10.2 Å². The maximum atomic E-state index is 13.1. The smallest absolute Gasteiger partial charge is 0.268 e. The summed E-state index contributed by atoms with van der Waals surface area (Å²) in [6.45, 7) is 6.17. The van der Waals surface area contributed by atoms with E-state index in [-0.39, 0.29) is 17.7 Å². The second kappa shape index (κ2) is 11.8. The van der Waals surface area contributed by atoms with Crippen molar-refractivity contribution in [3.63, 3.8) is 0 Å². The third kappa shape index (κ3) is 6.05. The van der Waals surface area contributed by atoms with Crippen LogP contribution in [0.4, 0.5) is 11.6 Å². The number of anilines is 2. The molecule has 9 heteroatoms. The summed E-state index contributed by atoms with van der Waals surface area (Å²) in [4.78, 5) is 38.2. The van der Waals surface area contributed by atoms with E-state index >= 15 is 0 Å². The van der Waals surface area contributed by atoms with Gasteiger partial charge in [0, 0.05) is 51.4 Å². The first-order chi connectivity index (χ1) is 18.0. The van der Waals surface area contributed by atoms with Crippen LogP contribution >= 0.6 is 11.3 Å². The average molecular weight is 523 g/mol. The third-order valence-corrected chi connectivity index (χ3v) is 8.69. The molecule has 2 amide bonds. The van der Waals surface area contributed by atoms with Crippen molar-refractivity contribution in [1.82, 2.24) is 19.4 Å². The average Bonchev–Trinajstić information content (AvgIpc) is 3.58. The van der Waals surface area contributed by atoms with Crippen LogP contribution in [0.3, 0.4) is 0 Å². The molecule has 0 bridgehead atoms. The molecule has 1 saturated heterocycles. The number of rotatable bonds is 8. The molecule has 1 aliphatic heterocycles. The van der Waals surface area contributed by atoms with Gasteiger partial charge in [0.25, 0.3) is 5.91 Å². The van der Waals surface area contributed by atoms with Gasteiger partial charge in [0.1, 0.15) is 0 Å². The molecule has 37 heavy (non-hydrogen) atoms. The van der Waals surface area contributed by atoms with Gasteiger partial charge < -0.3 is 19.3 Å². The first-order valence-corrected chi connectivity index (χ1v) is 14.4. The lowest BCUT2D eigenvalue weighted by Gasteiger charge is -2.32. The van der Waals surface area contributed by atoms with Gasteiger partial charge in [0.15, 0.2) is 0 Å². The van der Waals surface area contributed by atoms with Crippen LogP contribution in [0.2, 0.25) is 0 Å². The topological polar surface area (TPSA) is 73.7 Å². The number of nitrogens with zero attached hydrogens (tertiary/aromatic N) is 5. The summed E-state index contributed by atoms with van der Waals surface area (Å²) < 4.78 is 2.11. The number of hydrogen-bond acceptors (Lipinski definition) is 6. The molecule has 0 unspecified atom stereocenters. The lowest BCUT2D eigenvalue weighted by atomic mass is 9.88. The Hall–Kier alpha value is -2.75. The Bertz CT molecular complexity index is 1210. The molecule has 1 N–H and O–H groups in total. The van der Waals surface area contributed by atoms with Gasteiger partial charge in [0.2, 0.25) is 11.9 Å². The number of aryl methyl sites for hydroxylation is 1. The molecule has 1 aromatic carbocycles. The maximum Gasteiger partial charge on any atom is 0.268 e. The number of likely N-dealkylation sites (N-methyl/N-ethyl adjacent to an activating group) is 1. The molecule has 3 heterocycles. The van der Waals surface area contributed by atoms with Crippen LogP contribution in [0, 0.1) is 5.92 Å². The van der Waals surface area contributed by atoms with E-state index in [0.717, 1.165) is 88.1 Å². The highest BCUT2D eigenvalue weighted by Gasteiger charge is 2.25. The minimum absolute atomic E-state index is 0.113. The first-order valence-electron chi connectivity index (χ1n) is 13.5. The monoisotopic (exact) mass is 522 g/mol. The van der Waals surface area contributed by atoms with Gasteiger partial charge >= 0.3 is 0 Å². The lowest BCUT2D eigenvalue weighted by molar-refractivity contribution is -0.123. The van der Waals surface area contributed by atoms with Gasteiger partial charge in [-0.3, -0.25) is 14.9 Å². The molecule has 0 atom stereocenters. The lowest BCUT2D eigenvalue weighted by Crippen LogP contribution is -2.44. The number of thiophene rings is 1. The Labute approximate surface area is 223 Å². The van der Waals surface area contributed by atoms with Gasteiger partial charge in [-0.1, -0.05) is 25.3 Å². The van der Waals surface area contributed by atoms with E-state index in [4.69, 9.17) is 4.98 Å².